The summed E-state index contributed by atoms with van der Waals surface area (Å²) in [5.74, 6) is -0.0851. The Balaban J connectivity index is 3.13. The lowest BCUT2D eigenvalue weighted by atomic mass is 10.1. The van der Waals surface area contributed by atoms with E-state index in [0.717, 1.165) is 12.8 Å². The van der Waals surface area contributed by atoms with Gasteiger partial charge in [-0.05, 0) is 32.1 Å². The van der Waals surface area contributed by atoms with Gasteiger partial charge in [-0.1, -0.05) is 96.1 Å². The molecule has 0 amide bonds. The molecular formula is C25H48O3. The quantitative estimate of drug-likeness (QED) is 0.106. The summed E-state index contributed by atoms with van der Waals surface area (Å²) in [6.45, 7) is 3.14. The summed E-state index contributed by atoms with van der Waals surface area (Å²) < 4.78 is 9.91. The average Bonchev–Trinajstić information content (AvgIpc) is 2.70. The van der Waals surface area contributed by atoms with Gasteiger partial charge in [-0.15, -0.1) is 0 Å². The Morgan fingerprint density at radius 1 is 0.643 bits per heavy atom. The first-order chi connectivity index (χ1) is 13.8. The van der Waals surface area contributed by atoms with Gasteiger partial charge in [0.25, 0.3) is 0 Å². The molecule has 0 radical (unpaired) electrons. The fourth-order valence-corrected chi connectivity index (χ4v) is 3.36. The van der Waals surface area contributed by atoms with E-state index in [-0.39, 0.29) is 5.97 Å². The van der Waals surface area contributed by atoms with E-state index >= 15 is 0 Å². The van der Waals surface area contributed by atoms with Gasteiger partial charge in [0.05, 0.1) is 6.61 Å². The van der Waals surface area contributed by atoms with Gasteiger partial charge in [0.1, 0.15) is 6.61 Å². The van der Waals surface area contributed by atoms with Crippen molar-refractivity contribution >= 4 is 5.97 Å². The fourth-order valence-electron chi connectivity index (χ4n) is 3.36. The highest BCUT2D eigenvalue weighted by atomic mass is 16.6. The van der Waals surface area contributed by atoms with E-state index in [0.29, 0.717) is 19.6 Å². The van der Waals surface area contributed by atoms with E-state index in [2.05, 4.69) is 19.1 Å². The molecule has 0 unspecified atom stereocenters. The van der Waals surface area contributed by atoms with Gasteiger partial charge < -0.3 is 9.47 Å². The molecule has 0 N–H and O–H groups in total. The number of carbonyl (C=O) groups excluding carboxylic acids is 1. The van der Waals surface area contributed by atoms with Crippen LogP contribution in [0.3, 0.4) is 0 Å². The second kappa shape index (κ2) is 24.2. The standard InChI is InChI=1S/C25H48O3/c1-3-4-5-6-7-8-9-10-11-12-13-14-15-16-17-18-19-20-21-22-25(26)28-24-23-27-2/h10-11H,3-9,12-24H2,1-2H3. The molecule has 0 spiro atoms. The molecule has 0 rings (SSSR count). The molecule has 0 aromatic rings. The second-order valence-corrected chi connectivity index (χ2v) is 7.96. The van der Waals surface area contributed by atoms with Crippen molar-refractivity contribution < 1.29 is 14.3 Å². The molecule has 0 atom stereocenters. The largest absolute Gasteiger partial charge is 0.463 e. The molecule has 0 aromatic carbocycles. The smallest absolute Gasteiger partial charge is 0.305 e. The molecule has 0 bridgehead atoms. The third-order valence-corrected chi connectivity index (χ3v) is 5.19. The molecule has 28 heavy (non-hydrogen) atoms. The number of methoxy groups -OCH3 is 1. The Kier molecular flexibility index (Phi) is 23.5. The topological polar surface area (TPSA) is 35.5 Å². The summed E-state index contributed by atoms with van der Waals surface area (Å²) in [5, 5.41) is 0. The highest BCUT2D eigenvalue weighted by Crippen LogP contribution is 2.12. The maximum atomic E-state index is 11.4. The summed E-state index contributed by atoms with van der Waals surface area (Å²) >= 11 is 0. The molecule has 0 fully saturated rings. The highest BCUT2D eigenvalue weighted by Gasteiger charge is 2.01. The van der Waals surface area contributed by atoms with Gasteiger partial charge >= 0.3 is 5.97 Å². The molecule has 3 heteroatoms. The van der Waals surface area contributed by atoms with Crippen LogP contribution in [0.2, 0.25) is 0 Å². The zero-order valence-electron chi connectivity index (χ0n) is 19.0. The number of rotatable bonds is 22. The number of hydrogen-bond donors (Lipinski definition) is 0. The van der Waals surface area contributed by atoms with Crippen molar-refractivity contribution in [1.29, 1.82) is 0 Å². The van der Waals surface area contributed by atoms with Crippen molar-refractivity contribution in [3.8, 4) is 0 Å². The van der Waals surface area contributed by atoms with E-state index < -0.39 is 0 Å². The molecule has 3 nitrogen and oxygen atoms in total. The summed E-state index contributed by atoms with van der Waals surface area (Å²) in [6.07, 6.45) is 27.7. The Morgan fingerprint density at radius 2 is 1.11 bits per heavy atom. The maximum Gasteiger partial charge on any atom is 0.305 e. The van der Waals surface area contributed by atoms with Crippen LogP contribution in [0, 0.1) is 0 Å². The molecule has 0 saturated carbocycles. The molecule has 0 aliphatic rings. The summed E-state index contributed by atoms with van der Waals surface area (Å²) in [6, 6.07) is 0. The first-order valence-corrected chi connectivity index (χ1v) is 12.1. The summed E-state index contributed by atoms with van der Waals surface area (Å²) in [5.41, 5.74) is 0. The predicted octanol–water partition coefficient (Wildman–Crippen LogP) is 7.77. The monoisotopic (exact) mass is 396 g/mol. The van der Waals surface area contributed by atoms with Gasteiger partial charge in [-0.25, -0.2) is 0 Å². The van der Waals surface area contributed by atoms with E-state index in [9.17, 15) is 4.79 Å². The lowest BCUT2D eigenvalue weighted by molar-refractivity contribution is -0.145. The average molecular weight is 397 g/mol. The van der Waals surface area contributed by atoms with Gasteiger partial charge in [0.2, 0.25) is 0 Å². The predicted molar refractivity (Wildman–Crippen MR) is 121 cm³/mol. The maximum absolute atomic E-state index is 11.4. The van der Waals surface area contributed by atoms with Crippen molar-refractivity contribution in [1.82, 2.24) is 0 Å². The Morgan fingerprint density at radius 3 is 1.61 bits per heavy atom. The summed E-state index contributed by atoms with van der Waals surface area (Å²) in [7, 11) is 1.61. The highest BCUT2D eigenvalue weighted by molar-refractivity contribution is 5.69. The fraction of sp³-hybridized carbons (Fsp3) is 0.880. The van der Waals surface area contributed by atoms with Crippen LogP contribution in [0.4, 0.5) is 0 Å². The Labute approximate surface area is 175 Å². The molecule has 0 aliphatic carbocycles. The van der Waals surface area contributed by atoms with Crippen LogP contribution in [0.5, 0.6) is 0 Å². The lowest BCUT2D eigenvalue weighted by Gasteiger charge is -2.04. The molecule has 0 aliphatic heterocycles. The molecule has 0 saturated heterocycles. The van der Waals surface area contributed by atoms with Gasteiger partial charge in [0, 0.05) is 13.5 Å². The van der Waals surface area contributed by atoms with Crippen LogP contribution in [0.15, 0.2) is 12.2 Å². The number of ether oxygens (including phenoxy) is 2. The zero-order valence-corrected chi connectivity index (χ0v) is 19.0. The van der Waals surface area contributed by atoms with Crippen LogP contribution < -0.4 is 0 Å². The lowest BCUT2D eigenvalue weighted by Crippen LogP contribution is -2.09. The van der Waals surface area contributed by atoms with Crippen LogP contribution >= 0.6 is 0 Å². The first-order valence-electron chi connectivity index (χ1n) is 12.1. The van der Waals surface area contributed by atoms with E-state index in [1.165, 1.54) is 96.3 Å². The van der Waals surface area contributed by atoms with Crippen LogP contribution in [0.1, 0.15) is 122 Å². The van der Waals surface area contributed by atoms with E-state index in [4.69, 9.17) is 9.47 Å². The van der Waals surface area contributed by atoms with E-state index in [1.807, 2.05) is 0 Å². The van der Waals surface area contributed by atoms with Crippen LogP contribution in [-0.4, -0.2) is 26.3 Å². The van der Waals surface area contributed by atoms with Crippen molar-refractivity contribution in [3.63, 3.8) is 0 Å². The third kappa shape index (κ3) is 23.2. The van der Waals surface area contributed by atoms with Crippen LogP contribution in [0.25, 0.3) is 0 Å². The molecule has 0 heterocycles. The first kappa shape index (κ1) is 27.2. The Hall–Kier alpha value is -0.830. The molecular weight excluding hydrogens is 348 g/mol. The van der Waals surface area contributed by atoms with Crippen molar-refractivity contribution in [2.75, 3.05) is 20.3 Å². The zero-order chi connectivity index (χ0) is 20.5. The normalized spacial score (nSPS) is 11.4. The minimum Gasteiger partial charge on any atom is -0.463 e. The van der Waals surface area contributed by atoms with E-state index in [1.54, 1.807) is 7.11 Å². The van der Waals surface area contributed by atoms with Gasteiger partial charge in [-0.2, -0.15) is 0 Å². The summed E-state index contributed by atoms with van der Waals surface area (Å²) in [4.78, 5) is 11.4. The number of carbonyl (C=O) groups is 1. The van der Waals surface area contributed by atoms with Crippen molar-refractivity contribution in [2.24, 2.45) is 0 Å². The Bertz CT molecular complexity index is 339. The number of esters is 1. The minimum atomic E-state index is -0.0851. The number of hydrogen-bond acceptors (Lipinski definition) is 3. The minimum absolute atomic E-state index is 0.0851. The van der Waals surface area contributed by atoms with Crippen LogP contribution in [-0.2, 0) is 14.3 Å². The SMILES string of the molecule is CCCCCCCCC=CCCCCCCCCCCCC(=O)OCCOC. The number of unbranched alkanes of at least 4 members (excludes halogenated alkanes) is 15. The third-order valence-electron chi connectivity index (χ3n) is 5.19. The van der Waals surface area contributed by atoms with Gasteiger partial charge in [-0.3, -0.25) is 4.79 Å². The molecule has 166 valence electrons. The van der Waals surface area contributed by atoms with Crippen molar-refractivity contribution in [3.05, 3.63) is 12.2 Å². The molecule has 0 aromatic heterocycles. The number of allylic oxidation sites excluding steroid dienone is 2. The van der Waals surface area contributed by atoms with Crippen molar-refractivity contribution in [2.45, 2.75) is 122 Å². The van der Waals surface area contributed by atoms with Gasteiger partial charge in [0.15, 0.2) is 0 Å². The second-order valence-electron chi connectivity index (χ2n) is 7.96.